The third-order valence-electron chi connectivity index (χ3n) is 3.74. The molecule has 1 heterocycles. The smallest absolute Gasteiger partial charge is 0.252 e. The fraction of sp³-hybridized carbons (Fsp3) is 0.571. The molecule has 0 bridgehead atoms. The van der Waals surface area contributed by atoms with Crippen LogP contribution >= 0.6 is 0 Å². The fourth-order valence-corrected chi connectivity index (χ4v) is 2.53. The lowest BCUT2D eigenvalue weighted by Crippen LogP contribution is -2.37. The SMILES string of the molecule is CN(CCNC(=O)c1ccc(=O)[nH]c1)C1CCCC1. The van der Waals surface area contributed by atoms with Crippen molar-refractivity contribution in [2.45, 2.75) is 31.7 Å². The van der Waals surface area contributed by atoms with E-state index in [1.165, 1.54) is 44.0 Å². The summed E-state index contributed by atoms with van der Waals surface area (Å²) in [7, 11) is 2.11. The number of nitrogens with zero attached hydrogens (tertiary/aromatic N) is 1. The molecular formula is C14H21N3O2. The van der Waals surface area contributed by atoms with Gasteiger partial charge in [-0.15, -0.1) is 0 Å². The number of hydrogen-bond acceptors (Lipinski definition) is 3. The van der Waals surface area contributed by atoms with Crippen LogP contribution in [0.3, 0.4) is 0 Å². The van der Waals surface area contributed by atoms with Gasteiger partial charge in [-0.2, -0.15) is 0 Å². The lowest BCUT2D eigenvalue weighted by Gasteiger charge is -2.23. The summed E-state index contributed by atoms with van der Waals surface area (Å²) >= 11 is 0. The minimum atomic E-state index is -0.197. The number of aromatic amines is 1. The molecule has 1 aromatic rings. The van der Waals surface area contributed by atoms with Crippen molar-refractivity contribution >= 4 is 5.91 Å². The normalized spacial score (nSPS) is 15.9. The van der Waals surface area contributed by atoms with Crippen LogP contribution in [-0.4, -0.2) is 42.0 Å². The molecular weight excluding hydrogens is 242 g/mol. The molecule has 0 radical (unpaired) electrons. The van der Waals surface area contributed by atoms with Crippen molar-refractivity contribution in [2.75, 3.05) is 20.1 Å². The van der Waals surface area contributed by atoms with E-state index in [4.69, 9.17) is 0 Å². The Morgan fingerprint density at radius 1 is 1.42 bits per heavy atom. The Morgan fingerprint density at radius 3 is 2.79 bits per heavy atom. The summed E-state index contributed by atoms with van der Waals surface area (Å²) in [5.41, 5.74) is 0.292. The standard InChI is InChI=1S/C14H21N3O2/c1-17(12-4-2-3-5-12)9-8-15-14(19)11-6-7-13(18)16-10-11/h6-7,10,12H,2-5,8-9H2,1H3,(H,15,19)(H,16,18). The van der Waals surface area contributed by atoms with Gasteiger partial charge in [0.25, 0.3) is 5.91 Å². The van der Waals surface area contributed by atoms with Gasteiger partial charge in [-0.1, -0.05) is 12.8 Å². The molecule has 0 aliphatic heterocycles. The van der Waals surface area contributed by atoms with Crippen molar-refractivity contribution in [3.63, 3.8) is 0 Å². The first-order valence-electron chi connectivity index (χ1n) is 6.84. The molecule has 1 fully saturated rings. The molecule has 19 heavy (non-hydrogen) atoms. The molecule has 2 rings (SSSR count). The number of pyridine rings is 1. The third kappa shape index (κ3) is 3.92. The number of rotatable bonds is 5. The largest absolute Gasteiger partial charge is 0.351 e. The van der Waals surface area contributed by atoms with Gasteiger partial charge in [0.15, 0.2) is 0 Å². The van der Waals surface area contributed by atoms with E-state index in [9.17, 15) is 9.59 Å². The molecule has 0 aromatic carbocycles. The van der Waals surface area contributed by atoms with E-state index < -0.39 is 0 Å². The van der Waals surface area contributed by atoms with Crippen molar-refractivity contribution in [2.24, 2.45) is 0 Å². The second kappa shape index (κ2) is 6.52. The Bertz CT molecular complexity index is 457. The van der Waals surface area contributed by atoms with Crippen LogP contribution in [0.5, 0.6) is 0 Å². The molecule has 0 unspecified atom stereocenters. The first-order chi connectivity index (χ1) is 9.16. The van der Waals surface area contributed by atoms with Crippen molar-refractivity contribution in [3.8, 4) is 0 Å². The van der Waals surface area contributed by atoms with Gasteiger partial charge in [0.05, 0.1) is 5.56 Å². The molecule has 1 aliphatic carbocycles. The highest BCUT2D eigenvalue weighted by Gasteiger charge is 2.19. The maximum Gasteiger partial charge on any atom is 0.252 e. The Morgan fingerprint density at radius 2 is 2.16 bits per heavy atom. The van der Waals surface area contributed by atoms with Crippen LogP contribution in [0.4, 0.5) is 0 Å². The second-order valence-electron chi connectivity index (χ2n) is 5.12. The van der Waals surface area contributed by atoms with E-state index in [0.29, 0.717) is 18.2 Å². The highest BCUT2D eigenvalue weighted by molar-refractivity contribution is 5.93. The van der Waals surface area contributed by atoms with Crippen LogP contribution in [0.1, 0.15) is 36.0 Å². The summed E-state index contributed by atoms with van der Waals surface area (Å²) in [6.45, 7) is 1.49. The van der Waals surface area contributed by atoms with Crippen LogP contribution in [0, 0.1) is 0 Å². The molecule has 1 saturated carbocycles. The van der Waals surface area contributed by atoms with Gasteiger partial charge in [-0.25, -0.2) is 0 Å². The summed E-state index contributed by atoms with van der Waals surface area (Å²) in [5, 5.41) is 2.87. The summed E-state index contributed by atoms with van der Waals surface area (Å²) in [6.07, 6.45) is 6.62. The highest BCUT2D eigenvalue weighted by atomic mass is 16.1. The molecule has 0 atom stereocenters. The first-order valence-corrected chi connectivity index (χ1v) is 6.84. The number of likely N-dealkylation sites (N-methyl/N-ethyl adjacent to an activating group) is 1. The van der Waals surface area contributed by atoms with E-state index in [1.807, 2.05) is 0 Å². The molecule has 5 heteroatoms. The average molecular weight is 263 g/mol. The minimum absolute atomic E-state index is 0.143. The number of aromatic nitrogens is 1. The average Bonchev–Trinajstić information content (AvgIpc) is 2.93. The zero-order valence-corrected chi connectivity index (χ0v) is 11.3. The van der Waals surface area contributed by atoms with E-state index >= 15 is 0 Å². The molecule has 0 spiro atoms. The molecule has 1 aliphatic rings. The van der Waals surface area contributed by atoms with Crippen LogP contribution in [0.25, 0.3) is 0 Å². The third-order valence-corrected chi connectivity index (χ3v) is 3.74. The summed E-state index contributed by atoms with van der Waals surface area (Å²) in [4.78, 5) is 27.5. The molecule has 1 aromatic heterocycles. The van der Waals surface area contributed by atoms with Crippen LogP contribution in [0.2, 0.25) is 0 Å². The molecule has 5 nitrogen and oxygen atoms in total. The molecule has 1 amide bonds. The lowest BCUT2D eigenvalue weighted by molar-refractivity contribution is 0.0947. The highest BCUT2D eigenvalue weighted by Crippen LogP contribution is 2.21. The predicted molar refractivity (Wildman–Crippen MR) is 74.3 cm³/mol. The van der Waals surface area contributed by atoms with Gasteiger partial charge in [-0.05, 0) is 26.0 Å². The Kier molecular flexibility index (Phi) is 4.74. The summed E-state index contributed by atoms with van der Waals surface area (Å²) in [6, 6.07) is 3.57. The van der Waals surface area contributed by atoms with E-state index in [1.54, 1.807) is 0 Å². The van der Waals surface area contributed by atoms with E-state index in [2.05, 4.69) is 22.2 Å². The fourth-order valence-electron chi connectivity index (χ4n) is 2.53. The van der Waals surface area contributed by atoms with Gasteiger partial charge in [0.2, 0.25) is 5.56 Å². The van der Waals surface area contributed by atoms with Crippen molar-refractivity contribution in [1.82, 2.24) is 15.2 Å². The summed E-state index contributed by atoms with van der Waals surface area (Å²) in [5.74, 6) is -0.143. The molecule has 2 N–H and O–H groups in total. The maximum absolute atomic E-state index is 11.8. The predicted octanol–water partition coefficient (Wildman–Crippen LogP) is 0.979. The van der Waals surface area contributed by atoms with Gasteiger partial charge >= 0.3 is 0 Å². The monoisotopic (exact) mass is 263 g/mol. The number of carbonyl (C=O) groups excluding carboxylic acids is 1. The topological polar surface area (TPSA) is 65.2 Å². The van der Waals surface area contributed by atoms with Crippen molar-refractivity contribution in [1.29, 1.82) is 0 Å². The van der Waals surface area contributed by atoms with Crippen LogP contribution in [0.15, 0.2) is 23.1 Å². The van der Waals surface area contributed by atoms with Gasteiger partial charge in [-0.3, -0.25) is 9.59 Å². The summed E-state index contributed by atoms with van der Waals surface area (Å²) < 4.78 is 0. The number of hydrogen-bond donors (Lipinski definition) is 2. The van der Waals surface area contributed by atoms with Crippen molar-refractivity contribution < 1.29 is 4.79 Å². The van der Waals surface area contributed by atoms with Gasteiger partial charge < -0.3 is 15.2 Å². The molecule has 104 valence electrons. The minimum Gasteiger partial charge on any atom is -0.351 e. The first kappa shape index (κ1) is 13.8. The number of H-pyrrole nitrogens is 1. The Hall–Kier alpha value is -1.62. The zero-order valence-electron chi connectivity index (χ0n) is 11.3. The lowest BCUT2D eigenvalue weighted by atomic mass is 10.2. The Balaban J connectivity index is 1.74. The molecule has 0 saturated heterocycles. The van der Waals surface area contributed by atoms with E-state index in [-0.39, 0.29) is 11.5 Å². The quantitative estimate of drug-likeness (QED) is 0.832. The second-order valence-corrected chi connectivity index (χ2v) is 5.12. The van der Waals surface area contributed by atoms with Crippen LogP contribution < -0.4 is 10.9 Å². The van der Waals surface area contributed by atoms with Gasteiger partial charge in [0, 0.05) is 31.4 Å². The van der Waals surface area contributed by atoms with Crippen LogP contribution in [-0.2, 0) is 0 Å². The Labute approximate surface area is 113 Å². The maximum atomic E-state index is 11.8. The van der Waals surface area contributed by atoms with E-state index in [0.717, 1.165) is 6.54 Å². The number of carbonyl (C=O) groups is 1. The number of amides is 1. The van der Waals surface area contributed by atoms with Crippen molar-refractivity contribution in [3.05, 3.63) is 34.2 Å². The van der Waals surface area contributed by atoms with Gasteiger partial charge in [0.1, 0.15) is 0 Å². The number of nitrogens with one attached hydrogen (secondary N) is 2. The zero-order chi connectivity index (χ0) is 13.7.